The highest BCUT2D eigenvalue weighted by atomic mass is 16.6. The quantitative estimate of drug-likeness (QED) is 0.525. The van der Waals surface area contributed by atoms with Crippen LogP contribution in [0, 0.1) is 10.1 Å². The van der Waals surface area contributed by atoms with Gasteiger partial charge in [-0.15, -0.1) is 0 Å². The number of aromatic nitrogens is 2. The van der Waals surface area contributed by atoms with E-state index >= 15 is 0 Å². The van der Waals surface area contributed by atoms with E-state index in [9.17, 15) is 10.1 Å². The van der Waals surface area contributed by atoms with E-state index < -0.39 is 4.92 Å². The fourth-order valence-electron chi connectivity index (χ4n) is 2.41. The maximum Gasteiger partial charge on any atom is 0.270 e. The number of nitrogens with one attached hydrogen (secondary N) is 2. The molecule has 128 valence electrons. The summed E-state index contributed by atoms with van der Waals surface area (Å²) in [5.74, 6) is 1.76. The summed E-state index contributed by atoms with van der Waals surface area (Å²) in [6, 6.07) is 12.2. The van der Waals surface area contributed by atoms with Crippen LogP contribution in [0.5, 0.6) is 5.75 Å². The first-order valence-electron chi connectivity index (χ1n) is 7.61. The van der Waals surface area contributed by atoms with E-state index in [1.807, 2.05) is 24.3 Å². The predicted octanol–water partition coefficient (Wildman–Crippen LogP) is 3.20. The van der Waals surface area contributed by atoms with Gasteiger partial charge in [-0.3, -0.25) is 10.1 Å². The molecule has 1 aromatic heterocycles. The molecular formula is C17H17N5O3. The number of non-ortho nitro benzene ring substituents is 1. The Morgan fingerprint density at radius 2 is 1.92 bits per heavy atom. The largest absolute Gasteiger partial charge is 0.497 e. The minimum Gasteiger partial charge on any atom is -0.497 e. The summed E-state index contributed by atoms with van der Waals surface area (Å²) < 4.78 is 5.14. The smallest absolute Gasteiger partial charge is 0.270 e. The van der Waals surface area contributed by atoms with E-state index in [1.165, 1.54) is 12.1 Å². The highest BCUT2D eigenvalue weighted by molar-refractivity contribution is 5.91. The lowest BCUT2D eigenvalue weighted by atomic mass is 10.2. The second-order valence-electron chi connectivity index (χ2n) is 5.31. The molecule has 0 atom stereocenters. The van der Waals surface area contributed by atoms with Gasteiger partial charge in [0.15, 0.2) is 0 Å². The van der Waals surface area contributed by atoms with E-state index in [0.29, 0.717) is 29.2 Å². The molecule has 8 nitrogen and oxygen atoms in total. The molecule has 1 heterocycles. The van der Waals surface area contributed by atoms with Gasteiger partial charge in [0.05, 0.1) is 17.5 Å². The van der Waals surface area contributed by atoms with Gasteiger partial charge in [0.25, 0.3) is 5.69 Å². The first kappa shape index (κ1) is 16.4. The van der Waals surface area contributed by atoms with Crippen molar-refractivity contribution in [2.45, 2.75) is 6.54 Å². The SMILES string of the molecule is CNc1nc(NCc2ccc(OC)cc2)c2cc([N+](=O)[O-])ccc2n1. The van der Waals surface area contributed by atoms with E-state index in [4.69, 9.17) is 4.74 Å². The molecule has 3 aromatic rings. The summed E-state index contributed by atoms with van der Waals surface area (Å²) >= 11 is 0. The Morgan fingerprint density at radius 1 is 1.16 bits per heavy atom. The van der Waals surface area contributed by atoms with Crippen molar-refractivity contribution in [3.63, 3.8) is 0 Å². The molecule has 8 heteroatoms. The molecular weight excluding hydrogens is 322 g/mol. The van der Waals surface area contributed by atoms with Gasteiger partial charge in [-0.25, -0.2) is 4.98 Å². The highest BCUT2D eigenvalue weighted by Crippen LogP contribution is 2.26. The van der Waals surface area contributed by atoms with Crippen LogP contribution in [-0.4, -0.2) is 29.0 Å². The van der Waals surface area contributed by atoms with Crippen molar-refractivity contribution in [1.29, 1.82) is 0 Å². The number of nitrogens with zero attached hydrogens (tertiary/aromatic N) is 3. The maximum atomic E-state index is 11.0. The lowest BCUT2D eigenvalue weighted by molar-refractivity contribution is -0.384. The van der Waals surface area contributed by atoms with Gasteiger partial charge in [-0.05, 0) is 23.8 Å². The summed E-state index contributed by atoms with van der Waals surface area (Å²) in [5, 5.41) is 17.8. The van der Waals surface area contributed by atoms with E-state index in [0.717, 1.165) is 11.3 Å². The molecule has 0 aliphatic carbocycles. The molecule has 2 aromatic carbocycles. The number of nitro groups is 1. The molecule has 0 amide bonds. The topological polar surface area (TPSA) is 102 Å². The Morgan fingerprint density at radius 3 is 2.56 bits per heavy atom. The van der Waals surface area contributed by atoms with Crippen LogP contribution in [0.1, 0.15) is 5.56 Å². The fourth-order valence-corrected chi connectivity index (χ4v) is 2.41. The Hall–Kier alpha value is -3.42. The van der Waals surface area contributed by atoms with E-state index in [1.54, 1.807) is 20.2 Å². The number of fused-ring (bicyclic) bond motifs is 1. The van der Waals surface area contributed by atoms with Crippen molar-refractivity contribution in [3.05, 3.63) is 58.1 Å². The van der Waals surface area contributed by atoms with Gasteiger partial charge in [0.1, 0.15) is 11.6 Å². The molecule has 0 saturated carbocycles. The molecule has 0 unspecified atom stereocenters. The average Bonchev–Trinajstić information content (AvgIpc) is 2.65. The molecule has 3 rings (SSSR count). The number of nitro benzene ring substituents is 1. The van der Waals surface area contributed by atoms with Crippen LogP contribution in [0.4, 0.5) is 17.5 Å². The lowest BCUT2D eigenvalue weighted by Crippen LogP contribution is -2.06. The van der Waals surface area contributed by atoms with E-state index in [-0.39, 0.29) is 5.69 Å². The van der Waals surface area contributed by atoms with Crippen LogP contribution < -0.4 is 15.4 Å². The molecule has 25 heavy (non-hydrogen) atoms. The molecule has 0 bridgehead atoms. The first-order valence-corrected chi connectivity index (χ1v) is 7.61. The number of rotatable bonds is 6. The van der Waals surface area contributed by atoms with Crippen LogP contribution in [-0.2, 0) is 6.54 Å². The van der Waals surface area contributed by atoms with Gasteiger partial charge in [-0.2, -0.15) is 4.98 Å². The number of ether oxygens (including phenoxy) is 1. The number of benzene rings is 2. The van der Waals surface area contributed by atoms with Crippen molar-refractivity contribution in [2.75, 3.05) is 24.8 Å². The standard InChI is InChI=1S/C17H17N5O3/c1-18-17-20-15-8-5-12(22(23)24)9-14(15)16(21-17)19-10-11-3-6-13(25-2)7-4-11/h3-9H,10H2,1-2H3,(H2,18,19,20,21). The summed E-state index contributed by atoms with van der Waals surface area (Å²) in [6.07, 6.45) is 0. The minimum absolute atomic E-state index is 0.000745. The third kappa shape index (κ3) is 3.57. The normalized spacial score (nSPS) is 10.5. The number of anilines is 2. The minimum atomic E-state index is -0.432. The van der Waals surface area contributed by atoms with Gasteiger partial charge in [-0.1, -0.05) is 12.1 Å². The molecule has 0 aliphatic heterocycles. The van der Waals surface area contributed by atoms with Crippen molar-refractivity contribution in [3.8, 4) is 5.75 Å². The van der Waals surface area contributed by atoms with Gasteiger partial charge in [0.2, 0.25) is 5.95 Å². The Bertz CT molecular complexity index is 912. The maximum absolute atomic E-state index is 11.0. The van der Waals surface area contributed by atoms with Crippen LogP contribution in [0.25, 0.3) is 10.9 Å². The third-order valence-corrected chi connectivity index (χ3v) is 3.73. The Balaban J connectivity index is 1.94. The predicted molar refractivity (Wildman–Crippen MR) is 96.1 cm³/mol. The fraction of sp³-hybridized carbons (Fsp3) is 0.176. The molecule has 0 fully saturated rings. The average molecular weight is 339 g/mol. The molecule has 0 radical (unpaired) electrons. The highest BCUT2D eigenvalue weighted by Gasteiger charge is 2.12. The number of hydrogen-bond donors (Lipinski definition) is 2. The van der Waals surface area contributed by atoms with Crippen molar-refractivity contribution >= 4 is 28.4 Å². The number of methoxy groups -OCH3 is 1. The molecule has 0 spiro atoms. The zero-order valence-corrected chi connectivity index (χ0v) is 13.8. The van der Waals surface area contributed by atoms with Crippen LogP contribution in [0.15, 0.2) is 42.5 Å². The lowest BCUT2D eigenvalue weighted by Gasteiger charge is -2.11. The summed E-state index contributed by atoms with van der Waals surface area (Å²) in [6.45, 7) is 0.516. The zero-order chi connectivity index (χ0) is 17.8. The van der Waals surface area contributed by atoms with Crippen molar-refractivity contribution in [2.24, 2.45) is 0 Å². The first-order chi connectivity index (χ1) is 12.1. The van der Waals surface area contributed by atoms with E-state index in [2.05, 4.69) is 20.6 Å². The second-order valence-corrected chi connectivity index (χ2v) is 5.31. The summed E-state index contributed by atoms with van der Waals surface area (Å²) in [5.41, 5.74) is 1.66. The van der Waals surface area contributed by atoms with Crippen LogP contribution in [0.2, 0.25) is 0 Å². The van der Waals surface area contributed by atoms with Crippen molar-refractivity contribution < 1.29 is 9.66 Å². The van der Waals surface area contributed by atoms with Crippen LogP contribution >= 0.6 is 0 Å². The Labute approximate surface area is 144 Å². The second kappa shape index (κ2) is 7.00. The molecule has 0 aliphatic rings. The monoisotopic (exact) mass is 339 g/mol. The third-order valence-electron chi connectivity index (χ3n) is 3.73. The van der Waals surface area contributed by atoms with Gasteiger partial charge < -0.3 is 15.4 Å². The summed E-state index contributed by atoms with van der Waals surface area (Å²) in [7, 11) is 3.34. The van der Waals surface area contributed by atoms with Crippen molar-refractivity contribution in [1.82, 2.24) is 9.97 Å². The molecule has 2 N–H and O–H groups in total. The molecule has 0 saturated heterocycles. The summed E-state index contributed by atoms with van der Waals surface area (Å²) in [4.78, 5) is 19.3. The zero-order valence-electron chi connectivity index (χ0n) is 13.8. The Kier molecular flexibility index (Phi) is 4.60. The number of hydrogen-bond acceptors (Lipinski definition) is 7. The van der Waals surface area contributed by atoms with Gasteiger partial charge in [0, 0.05) is 31.1 Å². The van der Waals surface area contributed by atoms with Crippen LogP contribution in [0.3, 0.4) is 0 Å². The van der Waals surface area contributed by atoms with Gasteiger partial charge >= 0.3 is 0 Å².